The summed E-state index contributed by atoms with van der Waals surface area (Å²) in [6.07, 6.45) is -4.25. The van der Waals surface area contributed by atoms with E-state index in [4.69, 9.17) is 5.11 Å². The molecule has 0 spiro atoms. The van der Waals surface area contributed by atoms with Crippen LogP contribution < -0.4 is 10.2 Å². The van der Waals surface area contributed by atoms with Gasteiger partial charge in [0.1, 0.15) is 11.7 Å². The van der Waals surface area contributed by atoms with Crippen LogP contribution >= 0.6 is 0 Å². The van der Waals surface area contributed by atoms with E-state index in [-0.39, 0.29) is 19.0 Å². The molecule has 1 aliphatic heterocycles. The van der Waals surface area contributed by atoms with Gasteiger partial charge in [-0.25, -0.2) is 13.7 Å². The molecule has 2 unspecified atom stereocenters. The molecule has 12 heteroatoms. The third kappa shape index (κ3) is 4.22. The first-order valence-electron chi connectivity index (χ1n) is 7.70. The summed E-state index contributed by atoms with van der Waals surface area (Å²) < 4.78 is 60.3. The van der Waals surface area contributed by atoms with Gasteiger partial charge in [0.25, 0.3) is 0 Å². The Morgan fingerprint density at radius 1 is 1.30 bits per heavy atom. The van der Waals surface area contributed by atoms with Crippen molar-refractivity contribution >= 4 is 23.0 Å². The van der Waals surface area contributed by atoms with Crippen LogP contribution in [-0.4, -0.2) is 48.2 Å². The first-order chi connectivity index (χ1) is 12.6. The second-order valence-corrected chi connectivity index (χ2v) is 6.86. The minimum Gasteiger partial charge on any atom is -0.465 e. The van der Waals surface area contributed by atoms with E-state index in [9.17, 15) is 26.7 Å². The van der Waals surface area contributed by atoms with E-state index >= 15 is 0 Å². The molecule has 3 N–H and O–H groups in total. The summed E-state index contributed by atoms with van der Waals surface area (Å²) >= 11 is -2.20. The second-order valence-electron chi connectivity index (χ2n) is 5.96. The van der Waals surface area contributed by atoms with E-state index < -0.39 is 35.0 Å². The van der Waals surface area contributed by atoms with Crippen molar-refractivity contribution in [2.24, 2.45) is 0 Å². The normalized spacial score (nSPS) is 18.1. The van der Waals surface area contributed by atoms with Gasteiger partial charge in [0.2, 0.25) is 0 Å². The predicted octanol–water partition coefficient (Wildman–Crippen LogP) is 2.20. The van der Waals surface area contributed by atoms with Crippen molar-refractivity contribution in [3.05, 3.63) is 36.0 Å². The Labute approximate surface area is 153 Å². The van der Waals surface area contributed by atoms with Crippen molar-refractivity contribution in [3.63, 3.8) is 0 Å². The van der Waals surface area contributed by atoms with Crippen molar-refractivity contribution in [2.45, 2.75) is 18.8 Å². The van der Waals surface area contributed by atoms with Gasteiger partial charge in [-0.15, -0.1) is 0 Å². The van der Waals surface area contributed by atoms with Crippen molar-refractivity contribution < 1.29 is 31.8 Å². The number of carbonyl (C=O) groups is 1. The van der Waals surface area contributed by atoms with Crippen LogP contribution in [0.5, 0.6) is 0 Å². The average molecular weight is 404 g/mol. The first-order valence-corrected chi connectivity index (χ1v) is 8.98. The molecule has 8 nitrogen and oxygen atoms in total. The van der Waals surface area contributed by atoms with Crippen LogP contribution in [0, 0.1) is 0 Å². The number of alkyl halides is 3. The zero-order valence-electron chi connectivity index (χ0n) is 13.7. The quantitative estimate of drug-likeness (QED) is 0.675. The van der Waals surface area contributed by atoms with Gasteiger partial charge in [0.05, 0.1) is 24.3 Å². The van der Waals surface area contributed by atoms with E-state index in [0.29, 0.717) is 16.9 Å². The Hall–Kier alpha value is -2.60. The molecule has 0 bridgehead atoms. The molecule has 1 aromatic heterocycles. The Kier molecular flexibility index (Phi) is 5.11. The summed E-state index contributed by atoms with van der Waals surface area (Å²) in [7, 11) is 0. The smallest absolute Gasteiger partial charge is 0.416 e. The lowest BCUT2D eigenvalue weighted by atomic mass is 10.0. The monoisotopic (exact) mass is 404 g/mol. The Bertz CT molecular complexity index is 869. The fraction of sp³-hybridized carbons (Fsp3) is 0.333. The average Bonchev–Trinajstić information content (AvgIpc) is 2.97. The summed E-state index contributed by atoms with van der Waals surface area (Å²) in [5.41, 5.74) is 0.164. The highest BCUT2D eigenvalue weighted by Crippen LogP contribution is 2.36. The molecule has 146 valence electrons. The fourth-order valence-electron chi connectivity index (χ4n) is 3.02. The number of hydrogen-bond donors (Lipinski definition) is 3. The van der Waals surface area contributed by atoms with E-state index in [1.165, 1.54) is 27.9 Å². The molecular weight excluding hydrogens is 389 g/mol. The van der Waals surface area contributed by atoms with Crippen LogP contribution in [0.1, 0.15) is 5.56 Å². The van der Waals surface area contributed by atoms with E-state index in [0.717, 1.165) is 12.1 Å². The number of rotatable bonds is 4. The molecule has 0 saturated carbocycles. The number of nitrogens with one attached hydrogen (secondary N) is 1. The number of aromatic nitrogens is 2. The van der Waals surface area contributed by atoms with Crippen molar-refractivity contribution in [3.8, 4) is 11.1 Å². The molecule has 0 saturated heterocycles. The molecule has 1 amide bonds. The first kappa shape index (κ1) is 19.2. The number of fused-ring (bicyclic) bond motifs is 1. The lowest BCUT2D eigenvalue weighted by Gasteiger charge is -2.34. The van der Waals surface area contributed by atoms with Gasteiger partial charge in [0.15, 0.2) is 11.1 Å². The molecule has 1 aliphatic rings. The maximum atomic E-state index is 12.7. The van der Waals surface area contributed by atoms with Gasteiger partial charge in [0, 0.05) is 12.1 Å². The molecule has 3 rings (SSSR count). The Balaban J connectivity index is 1.97. The summed E-state index contributed by atoms with van der Waals surface area (Å²) in [6.45, 7) is 0.314. The van der Waals surface area contributed by atoms with Gasteiger partial charge in [-0.05, 0) is 17.7 Å². The van der Waals surface area contributed by atoms with E-state index in [1.54, 1.807) is 0 Å². The summed E-state index contributed by atoms with van der Waals surface area (Å²) in [5, 5.41) is 15.4. The van der Waals surface area contributed by atoms with Crippen molar-refractivity contribution in [1.29, 1.82) is 0 Å². The number of nitrogens with zero attached hydrogens (tertiary/aromatic N) is 3. The molecule has 0 aliphatic carbocycles. The minimum atomic E-state index is -4.45. The molecular formula is C15H15F3N4O4S. The molecule has 27 heavy (non-hydrogen) atoms. The molecule has 2 aromatic rings. The van der Waals surface area contributed by atoms with Crippen LogP contribution in [0.3, 0.4) is 0 Å². The highest BCUT2D eigenvalue weighted by atomic mass is 32.2. The minimum absolute atomic E-state index is 0.123. The third-order valence-electron chi connectivity index (χ3n) is 4.06. The lowest BCUT2D eigenvalue weighted by Crippen LogP contribution is -2.50. The number of halogens is 3. The van der Waals surface area contributed by atoms with Gasteiger partial charge in [-0.1, -0.05) is 12.1 Å². The van der Waals surface area contributed by atoms with Crippen LogP contribution in [0.15, 0.2) is 30.5 Å². The van der Waals surface area contributed by atoms with Gasteiger partial charge in [-0.2, -0.15) is 18.3 Å². The second kappa shape index (κ2) is 7.19. The van der Waals surface area contributed by atoms with Crippen molar-refractivity contribution in [1.82, 2.24) is 15.1 Å². The summed E-state index contributed by atoms with van der Waals surface area (Å²) in [4.78, 5) is 12.4. The topological polar surface area (TPSA) is 108 Å². The number of anilines is 1. The molecule has 2 heterocycles. The largest absolute Gasteiger partial charge is 0.465 e. The maximum absolute atomic E-state index is 12.7. The van der Waals surface area contributed by atoms with Crippen LogP contribution in [0.2, 0.25) is 0 Å². The van der Waals surface area contributed by atoms with E-state index in [1.807, 2.05) is 0 Å². The molecule has 2 atom stereocenters. The predicted molar refractivity (Wildman–Crippen MR) is 90.6 cm³/mol. The fourth-order valence-corrected chi connectivity index (χ4v) is 3.51. The van der Waals surface area contributed by atoms with Gasteiger partial charge in [-0.3, -0.25) is 0 Å². The number of benzene rings is 1. The Morgan fingerprint density at radius 2 is 1.96 bits per heavy atom. The van der Waals surface area contributed by atoms with Gasteiger partial charge < -0.3 is 19.9 Å². The van der Waals surface area contributed by atoms with Crippen molar-refractivity contribution in [2.75, 3.05) is 17.3 Å². The number of carboxylic acid groups (broad SMARTS) is 1. The molecule has 1 aromatic carbocycles. The van der Waals surface area contributed by atoms with E-state index in [2.05, 4.69) is 10.4 Å². The third-order valence-corrected chi connectivity index (χ3v) is 4.59. The number of amides is 1. The standard InChI is InChI=1S/C15H15F3N4O4S/c16-15(17,18)10-3-1-9(2-4-10)12-5-19-22-7-11(20-14(23)24)6-21(13(12)22)8-27(25)26/h1-5,11,20H,6-8H2,(H,23,24)(H,25,26). The Morgan fingerprint density at radius 3 is 2.52 bits per heavy atom. The van der Waals surface area contributed by atoms with Crippen LogP contribution in [0.4, 0.5) is 23.8 Å². The SMILES string of the molecule is O=C(O)NC1CN(CS(=O)O)c2c(-c3ccc(C(F)(F)F)cc3)cnn2C1. The molecule has 0 fully saturated rings. The lowest BCUT2D eigenvalue weighted by molar-refractivity contribution is -0.137. The zero-order valence-corrected chi connectivity index (χ0v) is 14.5. The highest BCUT2D eigenvalue weighted by molar-refractivity contribution is 7.79. The van der Waals surface area contributed by atoms with Crippen LogP contribution in [-0.2, 0) is 23.8 Å². The van der Waals surface area contributed by atoms with Crippen LogP contribution in [0.25, 0.3) is 11.1 Å². The number of hydrogen-bond acceptors (Lipinski definition) is 4. The molecule has 0 radical (unpaired) electrons. The maximum Gasteiger partial charge on any atom is 0.416 e. The summed E-state index contributed by atoms with van der Waals surface area (Å²) in [5.74, 6) is 0.150. The summed E-state index contributed by atoms with van der Waals surface area (Å²) in [6, 6.07) is 3.95. The zero-order chi connectivity index (χ0) is 19.8. The van der Waals surface area contributed by atoms with Gasteiger partial charge >= 0.3 is 12.3 Å². The highest BCUT2D eigenvalue weighted by Gasteiger charge is 2.32.